The van der Waals surface area contributed by atoms with E-state index in [4.69, 9.17) is 4.74 Å². The van der Waals surface area contributed by atoms with E-state index in [0.29, 0.717) is 12.5 Å². The molecule has 0 radical (unpaired) electrons. The molecule has 0 aromatic carbocycles. The van der Waals surface area contributed by atoms with Crippen LogP contribution in [0.25, 0.3) is 0 Å². The molecule has 0 saturated carbocycles. The smallest absolute Gasteiger partial charge is 0.203 e. The van der Waals surface area contributed by atoms with Crippen molar-refractivity contribution in [3.8, 4) is 0 Å². The van der Waals surface area contributed by atoms with Gasteiger partial charge in [0, 0.05) is 25.9 Å². The van der Waals surface area contributed by atoms with Crippen molar-refractivity contribution in [2.45, 2.75) is 40.3 Å². The minimum Gasteiger partial charge on any atom is -0.383 e. The van der Waals surface area contributed by atoms with Crippen LogP contribution >= 0.6 is 0 Å². The van der Waals surface area contributed by atoms with Crippen LogP contribution in [0, 0.1) is 12.8 Å². The molecule has 1 heterocycles. The molecule has 92 valence electrons. The maximum atomic E-state index is 5.10. The molecule has 0 aliphatic carbocycles. The van der Waals surface area contributed by atoms with Crippen molar-refractivity contribution < 1.29 is 4.74 Å². The Morgan fingerprint density at radius 2 is 2.12 bits per heavy atom. The highest BCUT2D eigenvalue weighted by molar-refractivity contribution is 5.30. The highest BCUT2D eigenvalue weighted by Crippen LogP contribution is 2.12. The fourth-order valence-corrected chi connectivity index (χ4v) is 1.71. The van der Waals surface area contributed by atoms with Crippen molar-refractivity contribution in [3.63, 3.8) is 0 Å². The number of aromatic nitrogens is 2. The van der Waals surface area contributed by atoms with Crippen LogP contribution in [0.4, 0.5) is 5.95 Å². The van der Waals surface area contributed by atoms with Gasteiger partial charge in [-0.25, -0.2) is 4.98 Å². The second-order valence-electron chi connectivity index (χ2n) is 4.75. The Hall–Kier alpha value is -1.03. The molecule has 4 heteroatoms. The molecule has 0 aliphatic heterocycles. The summed E-state index contributed by atoms with van der Waals surface area (Å²) in [4.78, 5) is 4.48. The van der Waals surface area contributed by atoms with E-state index in [1.807, 2.05) is 6.92 Å². The Bertz CT molecular complexity index is 320. The maximum Gasteiger partial charge on any atom is 0.203 e. The average Bonchev–Trinajstić information content (AvgIpc) is 2.45. The van der Waals surface area contributed by atoms with Crippen LogP contribution in [0.2, 0.25) is 0 Å². The van der Waals surface area contributed by atoms with E-state index in [9.17, 15) is 0 Å². The van der Waals surface area contributed by atoms with Crippen LogP contribution in [0.1, 0.15) is 26.5 Å². The van der Waals surface area contributed by atoms with Gasteiger partial charge in [0.05, 0.1) is 12.3 Å². The summed E-state index contributed by atoms with van der Waals surface area (Å²) in [5, 5.41) is 3.36. The van der Waals surface area contributed by atoms with Gasteiger partial charge in [0.15, 0.2) is 0 Å². The lowest BCUT2D eigenvalue weighted by Gasteiger charge is -2.16. The largest absolute Gasteiger partial charge is 0.383 e. The van der Waals surface area contributed by atoms with E-state index in [2.05, 4.69) is 41.8 Å². The van der Waals surface area contributed by atoms with Crippen LogP contribution < -0.4 is 5.32 Å². The molecular weight excluding hydrogens is 202 g/mol. The molecule has 4 nitrogen and oxygen atoms in total. The number of hydrogen-bond donors (Lipinski definition) is 1. The van der Waals surface area contributed by atoms with Gasteiger partial charge in [-0.2, -0.15) is 0 Å². The molecular formula is C12H23N3O. The summed E-state index contributed by atoms with van der Waals surface area (Å²) in [7, 11) is 1.71. The van der Waals surface area contributed by atoms with Crippen molar-refractivity contribution in [1.82, 2.24) is 9.55 Å². The van der Waals surface area contributed by atoms with E-state index in [-0.39, 0.29) is 6.04 Å². The van der Waals surface area contributed by atoms with Gasteiger partial charge < -0.3 is 14.6 Å². The van der Waals surface area contributed by atoms with Crippen LogP contribution in [-0.2, 0) is 11.3 Å². The Kier molecular flexibility index (Phi) is 4.80. The van der Waals surface area contributed by atoms with Gasteiger partial charge >= 0.3 is 0 Å². The summed E-state index contributed by atoms with van der Waals surface area (Å²) in [5.41, 5.74) is 1.05. The second kappa shape index (κ2) is 5.89. The van der Waals surface area contributed by atoms with E-state index in [0.717, 1.165) is 18.2 Å². The molecule has 1 N–H and O–H groups in total. The number of imidazole rings is 1. The zero-order chi connectivity index (χ0) is 12.1. The molecule has 1 atom stereocenters. The molecule has 0 saturated heterocycles. The predicted molar refractivity (Wildman–Crippen MR) is 66.8 cm³/mol. The molecule has 1 unspecified atom stereocenters. The van der Waals surface area contributed by atoms with Gasteiger partial charge in [0.2, 0.25) is 5.95 Å². The first kappa shape index (κ1) is 13.0. The van der Waals surface area contributed by atoms with Gasteiger partial charge in [-0.05, 0) is 19.8 Å². The zero-order valence-electron chi connectivity index (χ0n) is 10.9. The Morgan fingerprint density at radius 1 is 1.44 bits per heavy atom. The number of aryl methyl sites for hydroxylation is 1. The van der Waals surface area contributed by atoms with E-state index in [1.54, 1.807) is 7.11 Å². The number of nitrogens with one attached hydrogen (secondary N) is 1. The van der Waals surface area contributed by atoms with Gasteiger partial charge in [0.1, 0.15) is 0 Å². The van der Waals surface area contributed by atoms with Crippen LogP contribution in [0.5, 0.6) is 0 Å². The van der Waals surface area contributed by atoms with Crippen molar-refractivity contribution in [2.75, 3.05) is 19.0 Å². The van der Waals surface area contributed by atoms with Crippen LogP contribution in [0.3, 0.4) is 0 Å². The highest BCUT2D eigenvalue weighted by atomic mass is 16.5. The number of anilines is 1. The lowest BCUT2D eigenvalue weighted by Crippen LogP contribution is -2.23. The predicted octanol–water partition coefficient (Wildman–Crippen LogP) is 2.29. The third kappa shape index (κ3) is 3.85. The molecule has 16 heavy (non-hydrogen) atoms. The number of nitrogens with zero attached hydrogens (tertiary/aromatic N) is 2. The van der Waals surface area contributed by atoms with Crippen molar-refractivity contribution in [1.29, 1.82) is 0 Å². The normalized spacial score (nSPS) is 13.1. The first-order chi connectivity index (χ1) is 7.52. The summed E-state index contributed by atoms with van der Waals surface area (Å²) in [6.45, 7) is 10.2. The molecule has 0 amide bonds. The van der Waals surface area contributed by atoms with E-state index < -0.39 is 0 Å². The minimum absolute atomic E-state index is 0.276. The Balaban J connectivity index is 2.70. The molecule has 0 fully saturated rings. The van der Waals surface area contributed by atoms with E-state index >= 15 is 0 Å². The quantitative estimate of drug-likeness (QED) is 0.807. The summed E-state index contributed by atoms with van der Waals surface area (Å²) in [6, 6.07) is 0.276. The summed E-state index contributed by atoms with van der Waals surface area (Å²) < 4.78 is 7.28. The topological polar surface area (TPSA) is 39.1 Å². The Morgan fingerprint density at radius 3 is 2.69 bits per heavy atom. The average molecular weight is 225 g/mol. The number of methoxy groups -OCH3 is 1. The molecule has 0 aliphatic rings. The highest BCUT2D eigenvalue weighted by Gasteiger charge is 2.09. The third-order valence-electron chi connectivity index (χ3n) is 2.25. The van der Waals surface area contributed by atoms with Crippen LogP contribution in [0.15, 0.2) is 6.20 Å². The fraction of sp³-hybridized carbons (Fsp3) is 0.750. The molecule has 0 spiro atoms. The lowest BCUT2D eigenvalue weighted by atomic mass is 10.2. The lowest BCUT2D eigenvalue weighted by molar-refractivity contribution is 0.190. The standard InChI is InChI=1S/C12H23N3O/c1-9(2)6-15-7-10(3)13-12(15)14-11(4)8-16-5/h7,9,11H,6,8H2,1-5H3,(H,13,14). The van der Waals surface area contributed by atoms with Gasteiger partial charge in [-0.15, -0.1) is 0 Å². The number of hydrogen-bond acceptors (Lipinski definition) is 3. The number of rotatable bonds is 6. The SMILES string of the molecule is COCC(C)Nc1nc(C)cn1CC(C)C. The van der Waals surface area contributed by atoms with Gasteiger partial charge in [-0.1, -0.05) is 13.8 Å². The van der Waals surface area contributed by atoms with Crippen LogP contribution in [-0.4, -0.2) is 29.3 Å². The van der Waals surface area contributed by atoms with Gasteiger partial charge in [0.25, 0.3) is 0 Å². The first-order valence-corrected chi connectivity index (χ1v) is 5.82. The Labute approximate surface area is 98.0 Å². The minimum atomic E-state index is 0.276. The zero-order valence-corrected chi connectivity index (χ0v) is 10.9. The summed E-state index contributed by atoms with van der Waals surface area (Å²) >= 11 is 0. The second-order valence-corrected chi connectivity index (χ2v) is 4.75. The number of ether oxygens (including phenoxy) is 1. The third-order valence-corrected chi connectivity index (χ3v) is 2.25. The fourth-order valence-electron chi connectivity index (χ4n) is 1.71. The van der Waals surface area contributed by atoms with Crippen molar-refractivity contribution in [2.24, 2.45) is 5.92 Å². The van der Waals surface area contributed by atoms with Crippen molar-refractivity contribution >= 4 is 5.95 Å². The molecule has 1 rings (SSSR count). The monoisotopic (exact) mass is 225 g/mol. The van der Waals surface area contributed by atoms with E-state index in [1.165, 1.54) is 0 Å². The first-order valence-electron chi connectivity index (χ1n) is 5.82. The summed E-state index contributed by atoms with van der Waals surface area (Å²) in [6.07, 6.45) is 2.09. The molecule has 1 aromatic heterocycles. The van der Waals surface area contributed by atoms with Crippen molar-refractivity contribution in [3.05, 3.63) is 11.9 Å². The van der Waals surface area contributed by atoms with Gasteiger partial charge in [-0.3, -0.25) is 0 Å². The molecule has 0 bridgehead atoms. The maximum absolute atomic E-state index is 5.10. The molecule has 1 aromatic rings. The summed E-state index contributed by atoms with van der Waals surface area (Å²) in [5.74, 6) is 1.56.